The Morgan fingerprint density at radius 2 is 1.43 bits per heavy atom. The van der Waals surface area contributed by atoms with E-state index < -0.39 is 53.8 Å². The number of carbonyl (C=O) groups is 5. The first-order chi connectivity index (χ1) is 16.3. The maximum absolute atomic E-state index is 13.0. The van der Waals surface area contributed by atoms with E-state index >= 15 is 0 Å². The number of carbonyl (C=O) groups excluding carboxylic acids is 4. The zero-order valence-electron chi connectivity index (χ0n) is 20.0. The van der Waals surface area contributed by atoms with Crippen LogP contribution in [0.5, 0.6) is 0 Å². The van der Waals surface area contributed by atoms with Gasteiger partial charge in [-0.1, -0.05) is 13.8 Å². The lowest BCUT2D eigenvalue weighted by Gasteiger charge is -2.26. The van der Waals surface area contributed by atoms with Crippen LogP contribution < -0.4 is 38.9 Å². The number of primary amides is 1. The molecule has 0 saturated heterocycles. The van der Waals surface area contributed by atoms with Gasteiger partial charge in [0.05, 0.1) is 6.04 Å². The summed E-state index contributed by atoms with van der Waals surface area (Å²) in [6, 6.07) is -4.49. The Morgan fingerprint density at radius 1 is 0.886 bits per heavy atom. The molecule has 0 heterocycles. The molecule has 0 radical (unpaired) electrons. The van der Waals surface area contributed by atoms with Gasteiger partial charge in [0.2, 0.25) is 23.6 Å². The molecule has 0 aliphatic rings. The molecule has 0 aliphatic carbocycles. The predicted molar refractivity (Wildman–Crippen MR) is 133 cm³/mol. The number of nitrogens with one attached hydrogen (secondary N) is 3. The molecule has 14 nitrogen and oxygen atoms in total. The number of guanidine groups is 1. The van der Waals surface area contributed by atoms with Crippen molar-refractivity contribution in [3.63, 3.8) is 0 Å². The van der Waals surface area contributed by atoms with Crippen molar-refractivity contribution in [3.8, 4) is 0 Å². The fraction of sp³-hybridized carbons (Fsp3) is 0.700. The van der Waals surface area contributed by atoms with Crippen LogP contribution in [-0.4, -0.2) is 77.1 Å². The molecule has 4 amide bonds. The third-order valence-electron chi connectivity index (χ3n) is 4.75. The number of rotatable bonds is 17. The second-order valence-electron chi connectivity index (χ2n) is 8.39. The molecule has 12 N–H and O–H groups in total. The number of aliphatic carboxylic acids is 1. The lowest BCUT2D eigenvalue weighted by atomic mass is 10.0. The first-order valence-corrected chi connectivity index (χ1v) is 11.8. The van der Waals surface area contributed by atoms with Crippen LogP contribution in [0.4, 0.5) is 0 Å². The second kappa shape index (κ2) is 16.5. The number of hydrogen-bond acceptors (Lipinski definition) is 8. The normalized spacial score (nSPS) is 14.2. The summed E-state index contributed by atoms with van der Waals surface area (Å²) in [5, 5.41) is 16.8. The fourth-order valence-corrected chi connectivity index (χ4v) is 3.09. The summed E-state index contributed by atoms with van der Waals surface area (Å²) < 4.78 is 0. The van der Waals surface area contributed by atoms with Gasteiger partial charge in [0, 0.05) is 18.7 Å². The summed E-state index contributed by atoms with van der Waals surface area (Å²) in [7, 11) is 0. The molecule has 0 fully saturated rings. The number of nitrogens with two attached hydrogens (primary N) is 4. The molecule has 15 heteroatoms. The molecule has 0 spiro atoms. The van der Waals surface area contributed by atoms with Crippen LogP contribution in [0, 0.1) is 5.92 Å². The van der Waals surface area contributed by atoms with Gasteiger partial charge in [0.1, 0.15) is 18.1 Å². The quantitative estimate of drug-likeness (QED) is 0.0414. The molecular formula is C20H38N8O6S. The first kappa shape index (κ1) is 31.9. The number of hydrogen-bond donors (Lipinski definition) is 9. The Morgan fingerprint density at radius 3 is 1.91 bits per heavy atom. The van der Waals surface area contributed by atoms with Crippen LogP contribution in [-0.2, 0) is 24.0 Å². The van der Waals surface area contributed by atoms with Gasteiger partial charge in [-0.15, -0.1) is 0 Å². The first-order valence-electron chi connectivity index (χ1n) is 11.1. The smallest absolute Gasteiger partial charge is 0.326 e. The molecule has 4 unspecified atom stereocenters. The topological polar surface area (TPSA) is 258 Å². The Labute approximate surface area is 209 Å². The molecule has 200 valence electrons. The number of aliphatic imine (C=N–C) groups is 1. The largest absolute Gasteiger partial charge is 0.480 e. The van der Waals surface area contributed by atoms with Gasteiger partial charge in [0.15, 0.2) is 5.96 Å². The molecule has 0 saturated carbocycles. The summed E-state index contributed by atoms with van der Waals surface area (Å²) in [6.45, 7) is 3.86. The van der Waals surface area contributed by atoms with E-state index in [2.05, 4.69) is 33.6 Å². The van der Waals surface area contributed by atoms with E-state index in [4.69, 9.17) is 22.9 Å². The molecule has 35 heavy (non-hydrogen) atoms. The highest BCUT2D eigenvalue weighted by Gasteiger charge is 2.30. The highest BCUT2D eigenvalue weighted by atomic mass is 32.1. The van der Waals surface area contributed by atoms with E-state index in [0.29, 0.717) is 0 Å². The van der Waals surface area contributed by atoms with Crippen LogP contribution in [0.2, 0.25) is 0 Å². The number of carboxylic acid groups (broad SMARTS) is 1. The zero-order chi connectivity index (χ0) is 27.1. The van der Waals surface area contributed by atoms with Gasteiger partial charge in [-0.05, 0) is 31.6 Å². The van der Waals surface area contributed by atoms with Crippen molar-refractivity contribution in [3.05, 3.63) is 0 Å². The number of thiol groups is 1. The van der Waals surface area contributed by atoms with Crippen molar-refractivity contribution in [1.29, 1.82) is 0 Å². The molecule has 0 aromatic rings. The highest BCUT2D eigenvalue weighted by molar-refractivity contribution is 7.80. The minimum Gasteiger partial charge on any atom is -0.480 e. The van der Waals surface area contributed by atoms with Crippen LogP contribution in [0.3, 0.4) is 0 Å². The molecular weight excluding hydrogens is 480 g/mol. The highest BCUT2D eigenvalue weighted by Crippen LogP contribution is 2.08. The lowest BCUT2D eigenvalue weighted by molar-refractivity contribution is -0.142. The molecule has 0 bridgehead atoms. The average molecular weight is 519 g/mol. The van der Waals surface area contributed by atoms with E-state index in [9.17, 15) is 29.1 Å². The van der Waals surface area contributed by atoms with Gasteiger partial charge < -0.3 is 44.0 Å². The van der Waals surface area contributed by atoms with Gasteiger partial charge in [-0.2, -0.15) is 12.6 Å². The van der Waals surface area contributed by atoms with Crippen molar-refractivity contribution in [2.45, 2.75) is 70.1 Å². The summed E-state index contributed by atoms with van der Waals surface area (Å²) in [6.07, 6.45) is 0.122. The lowest BCUT2D eigenvalue weighted by Crippen LogP contribution is -2.57. The minimum absolute atomic E-state index is 0.0117. The van der Waals surface area contributed by atoms with Crippen molar-refractivity contribution < 1.29 is 29.1 Å². The van der Waals surface area contributed by atoms with Gasteiger partial charge in [0.25, 0.3) is 0 Å². The summed E-state index contributed by atoms with van der Waals surface area (Å²) in [4.78, 5) is 64.5. The van der Waals surface area contributed by atoms with Gasteiger partial charge in [-0.3, -0.25) is 24.2 Å². The van der Waals surface area contributed by atoms with E-state index in [1.807, 2.05) is 13.8 Å². The summed E-state index contributed by atoms with van der Waals surface area (Å²) in [5.74, 6) is -4.17. The molecule has 0 aromatic carbocycles. The predicted octanol–water partition coefficient (Wildman–Crippen LogP) is -2.85. The van der Waals surface area contributed by atoms with Crippen molar-refractivity contribution in [2.24, 2.45) is 33.8 Å². The average Bonchev–Trinajstić information content (AvgIpc) is 2.76. The summed E-state index contributed by atoms with van der Waals surface area (Å²) >= 11 is 3.98. The standard InChI is InChI=1S/C20H38N8O6S/c1-10(2)8-14(28-16(30)11(21)9-35)18(32)26-12(4-3-7-25-20(23)24)17(31)27-13(19(33)34)5-6-15(22)29/h10-14,35H,3-9,21H2,1-2H3,(H2,22,29)(H,26,32)(H,27,31)(H,28,30)(H,33,34)(H4,23,24,25). The van der Waals surface area contributed by atoms with E-state index in [0.717, 1.165) is 0 Å². The second-order valence-corrected chi connectivity index (χ2v) is 8.76. The third kappa shape index (κ3) is 14.0. The Kier molecular flexibility index (Phi) is 15.1. The van der Waals surface area contributed by atoms with E-state index in [1.54, 1.807) is 0 Å². The minimum atomic E-state index is -1.40. The molecule has 0 aliphatic heterocycles. The van der Waals surface area contributed by atoms with Crippen LogP contribution >= 0.6 is 12.6 Å². The Bertz CT molecular complexity index is 775. The fourth-order valence-electron chi connectivity index (χ4n) is 2.93. The number of amides is 4. The van der Waals surface area contributed by atoms with Crippen LogP contribution in [0.1, 0.15) is 46.0 Å². The van der Waals surface area contributed by atoms with Crippen molar-refractivity contribution >= 4 is 48.2 Å². The van der Waals surface area contributed by atoms with Gasteiger partial charge in [-0.25, -0.2) is 4.79 Å². The third-order valence-corrected chi connectivity index (χ3v) is 5.14. The van der Waals surface area contributed by atoms with E-state index in [1.165, 1.54) is 0 Å². The molecule has 0 aromatic heterocycles. The van der Waals surface area contributed by atoms with Crippen LogP contribution in [0.25, 0.3) is 0 Å². The molecule has 0 rings (SSSR count). The maximum Gasteiger partial charge on any atom is 0.326 e. The number of nitrogens with zero attached hydrogens (tertiary/aromatic N) is 1. The van der Waals surface area contributed by atoms with Gasteiger partial charge >= 0.3 is 5.97 Å². The SMILES string of the molecule is CC(C)CC(NC(=O)C(N)CS)C(=O)NC(CCCN=C(N)N)C(=O)NC(CCC(N)=O)C(=O)O. The van der Waals surface area contributed by atoms with Crippen molar-refractivity contribution in [2.75, 3.05) is 12.3 Å². The summed E-state index contributed by atoms with van der Waals surface area (Å²) in [5.41, 5.74) is 21.3. The monoisotopic (exact) mass is 518 g/mol. The molecule has 4 atom stereocenters. The van der Waals surface area contributed by atoms with Crippen LogP contribution in [0.15, 0.2) is 4.99 Å². The van der Waals surface area contributed by atoms with Crippen molar-refractivity contribution in [1.82, 2.24) is 16.0 Å². The Balaban J connectivity index is 5.61. The van der Waals surface area contributed by atoms with E-state index in [-0.39, 0.29) is 56.3 Å². The zero-order valence-corrected chi connectivity index (χ0v) is 20.9. The Hall–Kier alpha value is -3.07. The maximum atomic E-state index is 13.0. The number of carboxylic acids is 1.